The Morgan fingerprint density at radius 3 is 2.88 bits per heavy atom. The molecule has 1 atom stereocenters. The lowest BCUT2D eigenvalue weighted by Gasteiger charge is -2.33. The first kappa shape index (κ1) is 14.9. The molecule has 0 aliphatic carbocycles. The first-order chi connectivity index (χ1) is 11.7. The number of aryl methyl sites for hydroxylation is 1. The molecule has 2 aromatic heterocycles. The van der Waals surface area contributed by atoms with Crippen LogP contribution in [0.5, 0.6) is 0 Å². The lowest BCUT2D eigenvalue weighted by atomic mass is 10.1. The molecule has 5 heteroatoms. The summed E-state index contributed by atoms with van der Waals surface area (Å²) in [6, 6.07) is 14.0. The molecule has 1 aromatic carbocycles. The molecule has 1 aliphatic heterocycles. The predicted molar refractivity (Wildman–Crippen MR) is 91.0 cm³/mol. The molecule has 122 valence electrons. The molecule has 1 fully saturated rings. The Balaban J connectivity index is 1.59. The van der Waals surface area contributed by atoms with Crippen LogP contribution >= 0.6 is 0 Å². The highest BCUT2D eigenvalue weighted by atomic mass is 16.5. The highest BCUT2D eigenvalue weighted by Crippen LogP contribution is 2.24. The van der Waals surface area contributed by atoms with Gasteiger partial charge in [-0.05, 0) is 24.1 Å². The second kappa shape index (κ2) is 6.09. The number of pyridine rings is 1. The van der Waals surface area contributed by atoms with E-state index in [1.165, 1.54) is 0 Å². The van der Waals surface area contributed by atoms with Crippen LogP contribution in [0.4, 0.5) is 0 Å². The van der Waals surface area contributed by atoms with Gasteiger partial charge in [0.05, 0.1) is 30.4 Å². The average Bonchev–Trinajstić information content (AvgIpc) is 3.05. The lowest BCUT2D eigenvalue weighted by molar-refractivity contribution is -0.0227. The van der Waals surface area contributed by atoms with Gasteiger partial charge >= 0.3 is 0 Å². The Bertz CT molecular complexity index is 873. The van der Waals surface area contributed by atoms with E-state index < -0.39 is 0 Å². The van der Waals surface area contributed by atoms with Crippen molar-refractivity contribution in [3.63, 3.8) is 0 Å². The molecule has 0 saturated carbocycles. The summed E-state index contributed by atoms with van der Waals surface area (Å²) in [5, 5.41) is 4.31. The fraction of sp³-hybridized carbons (Fsp3) is 0.263. The largest absolute Gasteiger partial charge is 0.370 e. The summed E-state index contributed by atoms with van der Waals surface area (Å²) in [5.74, 6) is 0.0121. The van der Waals surface area contributed by atoms with Crippen molar-refractivity contribution in [3.05, 3.63) is 71.5 Å². The number of aromatic nitrogens is 2. The van der Waals surface area contributed by atoms with Gasteiger partial charge in [0.2, 0.25) is 0 Å². The Labute approximate surface area is 140 Å². The normalized spacial score (nSPS) is 18.0. The molecule has 1 amide bonds. The van der Waals surface area contributed by atoms with Crippen molar-refractivity contribution in [1.82, 2.24) is 14.5 Å². The highest BCUT2D eigenvalue weighted by Gasteiger charge is 2.27. The van der Waals surface area contributed by atoms with Crippen LogP contribution in [0.1, 0.15) is 27.6 Å². The van der Waals surface area contributed by atoms with Crippen molar-refractivity contribution in [2.45, 2.75) is 13.0 Å². The molecule has 0 spiro atoms. The van der Waals surface area contributed by atoms with Crippen LogP contribution in [0, 0.1) is 6.92 Å². The number of morpholine rings is 1. The van der Waals surface area contributed by atoms with Crippen LogP contribution in [0.25, 0.3) is 5.52 Å². The SMILES string of the molecule is Cc1ccc2c(C(=O)N3CCOC(c4ccccc4)C3)cnn2c1. The van der Waals surface area contributed by atoms with Gasteiger partial charge < -0.3 is 9.64 Å². The monoisotopic (exact) mass is 321 g/mol. The second-order valence-corrected chi connectivity index (χ2v) is 6.12. The third kappa shape index (κ3) is 2.67. The van der Waals surface area contributed by atoms with Crippen molar-refractivity contribution in [2.75, 3.05) is 19.7 Å². The van der Waals surface area contributed by atoms with Crippen LogP contribution in [0.15, 0.2) is 54.9 Å². The molecule has 1 saturated heterocycles. The molecular formula is C19H19N3O2. The standard InChI is InChI=1S/C19H19N3O2/c1-14-7-8-17-16(11-20-22(17)12-14)19(23)21-9-10-24-18(13-21)15-5-3-2-4-6-15/h2-8,11-12,18H,9-10,13H2,1H3. The van der Waals surface area contributed by atoms with Gasteiger partial charge in [-0.1, -0.05) is 36.4 Å². The Morgan fingerprint density at radius 1 is 1.21 bits per heavy atom. The minimum Gasteiger partial charge on any atom is -0.370 e. The molecular weight excluding hydrogens is 302 g/mol. The smallest absolute Gasteiger partial charge is 0.257 e. The Hall–Kier alpha value is -2.66. The molecule has 4 rings (SSSR count). The summed E-state index contributed by atoms with van der Waals surface area (Å²) in [7, 11) is 0. The third-order valence-electron chi connectivity index (χ3n) is 4.42. The van der Waals surface area contributed by atoms with E-state index in [4.69, 9.17) is 4.74 Å². The summed E-state index contributed by atoms with van der Waals surface area (Å²) in [6.07, 6.45) is 3.51. The molecule has 3 heterocycles. The highest BCUT2D eigenvalue weighted by molar-refractivity contribution is 6.00. The number of carbonyl (C=O) groups is 1. The maximum absolute atomic E-state index is 13.0. The van der Waals surface area contributed by atoms with Crippen LogP contribution in [0.3, 0.4) is 0 Å². The summed E-state index contributed by atoms with van der Waals surface area (Å²) in [5.41, 5.74) is 3.70. The van der Waals surface area contributed by atoms with E-state index in [-0.39, 0.29) is 12.0 Å². The zero-order valence-electron chi connectivity index (χ0n) is 13.6. The number of rotatable bonds is 2. The maximum atomic E-state index is 13.0. The number of hydrogen-bond acceptors (Lipinski definition) is 3. The lowest BCUT2D eigenvalue weighted by Crippen LogP contribution is -2.42. The molecule has 3 aromatic rings. The molecule has 0 N–H and O–H groups in total. The van der Waals surface area contributed by atoms with E-state index in [1.54, 1.807) is 10.7 Å². The summed E-state index contributed by atoms with van der Waals surface area (Å²) >= 11 is 0. The van der Waals surface area contributed by atoms with Gasteiger partial charge in [0.15, 0.2) is 0 Å². The number of fused-ring (bicyclic) bond motifs is 1. The van der Waals surface area contributed by atoms with E-state index >= 15 is 0 Å². The first-order valence-corrected chi connectivity index (χ1v) is 8.12. The van der Waals surface area contributed by atoms with E-state index in [0.717, 1.165) is 16.6 Å². The molecule has 5 nitrogen and oxygen atoms in total. The number of benzene rings is 1. The first-order valence-electron chi connectivity index (χ1n) is 8.12. The van der Waals surface area contributed by atoms with Crippen LogP contribution in [-0.2, 0) is 4.74 Å². The van der Waals surface area contributed by atoms with Crippen molar-refractivity contribution >= 4 is 11.4 Å². The Morgan fingerprint density at radius 2 is 2.04 bits per heavy atom. The number of amides is 1. The van der Waals surface area contributed by atoms with Gasteiger partial charge in [0.25, 0.3) is 5.91 Å². The van der Waals surface area contributed by atoms with Crippen molar-refractivity contribution in [3.8, 4) is 0 Å². The fourth-order valence-electron chi connectivity index (χ4n) is 3.13. The molecule has 0 radical (unpaired) electrons. The number of carbonyl (C=O) groups excluding carboxylic acids is 1. The quantitative estimate of drug-likeness (QED) is 0.729. The number of ether oxygens (including phenoxy) is 1. The fourth-order valence-corrected chi connectivity index (χ4v) is 3.13. The maximum Gasteiger partial charge on any atom is 0.257 e. The Kier molecular flexibility index (Phi) is 3.78. The van der Waals surface area contributed by atoms with Crippen LogP contribution in [-0.4, -0.2) is 40.1 Å². The molecule has 24 heavy (non-hydrogen) atoms. The second-order valence-electron chi connectivity index (χ2n) is 6.12. The predicted octanol–water partition coefficient (Wildman–Crippen LogP) is 2.86. The van der Waals surface area contributed by atoms with Crippen LogP contribution < -0.4 is 0 Å². The minimum atomic E-state index is -0.0759. The van der Waals surface area contributed by atoms with E-state index in [0.29, 0.717) is 25.3 Å². The third-order valence-corrected chi connectivity index (χ3v) is 4.42. The van der Waals surface area contributed by atoms with E-state index in [9.17, 15) is 4.79 Å². The number of hydrogen-bond donors (Lipinski definition) is 0. The molecule has 0 bridgehead atoms. The van der Waals surface area contributed by atoms with Crippen molar-refractivity contribution in [2.24, 2.45) is 0 Å². The average molecular weight is 321 g/mol. The van der Waals surface area contributed by atoms with Gasteiger partial charge in [-0.2, -0.15) is 5.10 Å². The molecule has 1 aliphatic rings. The van der Waals surface area contributed by atoms with Gasteiger partial charge in [-0.25, -0.2) is 4.52 Å². The van der Waals surface area contributed by atoms with Gasteiger partial charge in [0, 0.05) is 12.7 Å². The van der Waals surface area contributed by atoms with Crippen LogP contribution in [0.2, 0.25) is 0 Å². The van der Waals surface area contributed by atoms with E-state index in [2.05, 4.69) is 5.10 Å². The van der Waals surface area contributed by atoms with Gasteiger partial charge in [0.1, 0.15) is 6.10 Å². The number of nitrogens with zero attached hydrogens (tertiary/aromatic N) is 3. The summed E-state index contributed by atoms with van der Waals surface area (Å²) < 4.78 is 7.61. The van der Waals surface area contributed by atoms with Crippen molar-refractivity contribution in [1.29, 1.82) is 0 Å². The van der Waals surface area contributed by atoms with Gasteiger partial charge in [-0.15, -0.1) is 0 Å². The zero-order chi connectivity index (χ0) is 16.5. The summed E-state index contributed by atoms with van der Waals surface area (Å²) in [4.78, 5) is 14.8. The topological polar surface area (TPSA) is 46.8 Å². The van der Waals surface area contributed by atoms with E-state index in [1.807, 2.05) is 60.5 Å². The van der Waals surface area contributed by atoms with Gasteiger partial charge in [-0.3, -0.25) is 4.79 Å². The zero-order valence-corrected chi connectivity index (χ0v) is 13.6. The summed E-state index contributed by atoms with van der Waals surface area (Å²) in [6.45, 7) is 3.72. The molecule has 1 unspecified atom stereocenters. The minimum absolute atomic E-state index is 0.0121. The van der Waals surface area contributed by atoms with Crippen molar-refractivity contribution < 1.29 is 9.53 Å².